The molecule has 0 aliphatic heterocycles. The van der Waals surface area contributed by atoms with Crippen molar-refractivity contribution in [1.29, 1.82) is 0 Å². The Bertz CT molecular complexity index is 2180. The van der Waals surface area contributed by atoms with E-state index in [0.29, 0.717) is 0 Å². The Kier molecular flexibility index (Phi) is 35.8. The first-order valence-corrected chi connectivity index (χ1v) is 49.7. The number of rotatable bonds is 46. The number of hydrogen-bond donors (Lipinski definition) is 0. The Morgan fingerprint density at radius 1 is 0.298 bits per heavy atom. The third-order valence-corrected chi connectivity index (χ3v) is 47.4. The second-order valence-electron chi connectivity index (χ2n) is 28.0. The summed E-state index contributed by atoms with van der Waals surface area (Å²) in [6.45, 7) is 37.3. The van der Waals surface area contributed by atoms with Crippen molar-refractivity contribution >= 4 is 90.1 Å². The van der Waals surface area contributed by atoms with Crippen LogP contribution < -0.4 is 42.0 Å². The molecular formula is C78H134P2Si4. The maximum Gasteiger partial charge on any atom is 0.0867 e. The van der Waals surface area contributed by atoms with Gasteiger partial charge in [-0.3, -0.25) is 0 Å². The van der Waals surface area contributed by atoms with Crippen LogP contribution in [0.25, 0.3) is 0 Å². The van der Waals surface area contributed by atoms with Crippen molar-refractivity contribution in [1.82, 2.24) is 0 Å². The molecule has 0 atom stereocenters. The van der Waals surface area contributed by atoms with Crippen LogP contribution in [-0.2, 0) is 0 Å². The molecule has 0 fully saturated rings. The molecule has 0 saturated carbocycles. The Morgan fingerprint density at radius 3 is 0.679 bits per heavy atom. The number of unbranched alkanes of at least 4 members (excludes halogenated alkanes) is 12. The van der Waals surface area contributed by atoms with Gasteiger partial charge in [-0.15, -0.1) is 0 Å². The smallest absolute Gasteiger partial charge is 0.0654 e. The predicted octanol–water partition coefficient (Wildman–Crippen LogP) is 23.4. The molecular weight excluding hydrogens is 1110 g/mol. The molecule has 4 aromatic carbocycles. The second-order valence-corrected chi connectivity index (χ2v) is 50.8. The van der Waals surface area contributed by atoms with Gasteiger partial charge in [-0.25, -0.2) is 0 Å². The highest BCUT2D eigenvalue weighted by Crippen LogP contribution is 2.56. The van der Waals surface area contributed by atoms with Crippen LogP contribution in [0.2, 0.25) is 72.5 Å². The first-order valence-electron chi connectivity index (χ1n) is 36.4. The van der Waals surface area contributed by atoms with E-state index in [9.17, 15) is 0 Å². The van der Waals surface area contributed by atoms with Gasteiger partial charge < -0.3 is 0 Å². The molecule has 0 aliphatic rings. The van der Waals surface area contributed by atoms with Gasteiger partial charge in [-0.05, 0) is 53.6 Å². The first kappa shape index (κ1) is 74.8. The van der Waals surface area contributed by atoms with Gasteiger partial charge in [-0.2, -0.15) is 0 Å². The molecule has 0 bridgehead atoms. The Labute approximate surface area is 530 Å². The van der Waals surface area contributed by atoms with E-state index in [0.717, 1.165) is 0 Å². The van der Waals surface area contributed by atoms with Crippen molar-refractivity contribution < 1.29 is 0 Å². The average molecular weight is 1250 g/mol. The molecule has 0 aromatic heterocycles. The maximum atomic E-state index is 3.05. The van der Waals surface area contributed by atoms with E-state index in [1.807, 2.05) is 0 Å². The SMILES string of the molecule is CCCC[Si](CCCC)(CCCC)c1cccc(P(/C=C(\P(c2cccc([Si](CCCC)(CCCC)CCCC)c2)c2cccc([Si](CCCC)(CCCC)CCCC)c2)C(C)(C)C)c2cccc([Si](CCCC)(CCCC)CCCC)c2)c1. The van der Waals surface area contributed by atoms with Crippen molar-refractivity contribution in [2.75, 3.05) is 0 Å². The average Bonchev–Trinajstić information content (AvgIpc) is 1.65. The third kappa shape index (κ3) is 21.8. The summed E-state index contributed by atoms with van der Waals surface area (Å²) in [6, 6.07) is 60.5. The van der Waals surface area contributed by atoms with Crippen LogP contribution in [-0.4, -0.2) is 32.3 Å². The zero-order valence-corrected chi connectivity index (χ0v) is 64.0. The summed E-state index contributed by atoms with van der Waals surface area (Å²) < 4.78 is 0. The lowest BCUT2D eigenvalue weighted by atomic mass is 9.97. The third-order valence-electron chi connectivity index (χ3n) is 20.3. The van der Waals surface area contributed by atoms with Gasteiger partial charge in [0.05, 0.1) is 32.3 Å². The highest BCUT2D eigenvalue weighted by molar-refractivity contribution is 7.80. The van der Waals surface area contributed by atoms with Crippen molar-refractivity contribution in [2.24, 2.45) is 5.41 Å². The van der Waals surface area contributed by atoms with Crippen LogP contribution in [0, 0.1) is 5.41 Å². The van der Waals surface area contributed by atoms with E-state index in [1.54, 1.807) is 47.3 Å². The summed E-state index contributed by atoms with van der Waals surface area (Å²) in [6.07, 6.45) is 32.0. The fraction of sp³-hybridized carbons (Fsp3) is 0.667. The molecule has 0 amide bonds. The van der Waals surface area contributed by atoms with E-state index in [1.165, 1.54) is 227 Å². The summed E-state index contributed by atoms with van der Waals surface area (Å²) in [5, 5.41) is 15.4. The summed E-state index contributed by atoms with van der Waals surface area (Å²) in [5.41, 5.74) is -0.0560. The van der Waals surface area contributed by atoms with Crippen molar-refractivity contribution in [3.63, 3.8) is 0 Å². The van der Waals surface area contributed by atoms with Gasteiger partial charge in [0.1, 0.15) is 0 Å². The quantitative estimate of drug-likeness (QED) is 0.0306. The highest BCUT2D eigenvalue weighted by Gasteiger charge is 2.40. The zero-order chi connectivity index (χ0) is 61.3. The molecule has 472 valence electrons. The molecule has 0 heterocycles. The molecule has 84 heavy (non-hydrogen) atoms. The van der Waals surface area contributed by atoms with Crippen LogP contribution in [0.4, 0.5) is 0 Å². The minimum atomic E-state index is -1.81. The Morgan fingerprint density at radius 2 is 0.488 bits per heavy atom. The lowest BCUT2D eigenvalue weighted by molar-refractivity contribution is 0.533. The standard InChI is InChI=1S/C78H134P2Si4/c1-16-28-52-81(53-29-17-2,54-30-18-3)73-48-40-44-69(64-73)79(70-45-41-49-74(65-70)82(55-31-19-4,56-32-20-5)57-33-21-6)68-77(78(13,14)15)80(71-46-42-50-75(66-71)83(58-34-22-7,59-35-23-8)60-36-24-9)72-47-43-51-76(67-72)84(61-37-25-10,62-38-26-11)63-39-27-12/h40-51,64-68H,16-39,52-63H2,1-15H3/b77-68-. The Balaban J connectivity index is 2.34. The van der Waals surface area contributed by atoms with Crippen LogP contribution in [0.3, 0.4) is 0 Å². The molecule has 4 rings (SSSR count). The summed E-state index contributed by atoms with van der Waals surface area (Å²) in [5.74, 6) is 3.05. The van der Waals surface area contributed by atoms with Gasteiger partial charge in [0.25, 0.3) is 0 Å². The second kappa shape index (κ2) is 40.2. The molecule has 0 unspecified atom stereocenters. The van der Waals surface area contributed by atoms with E-state index in [4.69, 9.17) is 0 Å². The van der Waals surface area contributed by atoms with Crippen LogP contribution in [0.15, 0.2) is 108 Å². The fourth-order valence-electron chi connectivity index (χ4n) is 14.8. The molecule has 0 N–H and O–H groups in total. The van der Waals surface area contributed by atoms with Crippen LogP contribution in [0.5, 0.6) is 0 Å². The predicted molar refractivity (Wildman–Crippen MR) is 404 cm³/mol. The molecule has 6 heteroatoms. The molecule has 0 saturated heterocycles. The lowest BCUT2D eigenvalue weighted by Crippen LogP contribution is -2.49. The molecule has 0 nitrogen and oxygen atoms in total. The van der Waals surface area contributed by atoms with Gasteiger partial charge in [0.15, 0.2) is 0 Å². The van der Waals surface area contributed by atoms with Gasteiger partial charge in [-0.1, -0.05) is 448 Å². The largest absolute Gasteiger partial charge is 0.0867 e. The molecule has 0 spiro atoms. The van der Waals surface area contributed by atoms with Crippen molar-refractivity contribution in [2.45, 2.75) is 330 Å². The topological polar surface area (TPSA) is 0 Å². The maximum absolute atomic E-state index is 3.05. The van der Waals surface area contributed by atoms with Gasteiger partial charge in [0, 0.05) is 0 Å². The van der Waals surface area contributed by atoms with E-state index in [-0.39, 0.29) is 5.41 Å². The minimum Gasteiger partial charge on any atom is -0.0654 e. The number of hydrogen-bond acceptors (Lipinski definition) is 0. The monoisotopic (exact) mass is 1240 g/mol. The van der Waals surface area contributed by atoms with Crippen LogP contribution >= 0.6 is 15.8 Å². The zero-order valence-electron chi connectivity index (χ0n) is 58.2. The fourth-order valence-corrected chi connectivity index (χ4v) is 43.3. The van der Waals surface area contributed by atoms with E-state index < -0.39 is 48.1 Å². The summed E-state index contributed by atoms with van der Waals surface area (Å²) in [4.78, 5) is 0. The Hall–Kier alpha value is -1.65. The highest BCUT2D eigenvalue weighted by atomic mass is 31.1. The normalized spacial score (nSPS) is 13.0. The van der Waals surface area contributed by atoms with Gasteiger partial charge >= 0.3 is 0 Å². The van der Waals surface area contributed by atoms with Gasteiger partial charge in [0.2, 0.25) is 0 Å². The van der Waals surface area contributed by atoms with Crippen LogP contribution in [0.1, 0.15) is 258 Å². The van der Waals surface area contributed by atoms with E-state index in [2.05, 4.69) is 207 Å². The molecule has 4 aromatic rings. The van der Waals surface area contributed by atoms with E-state index >= 15 is 0 Å². The number of allylic oxidation sites excluding steroid dienone is 1. The number of benzene rings is 4. The minimum absolute atomic E-state index is 0.0560. The summed E-state index contributed by atoms with van der Waals surface area (Å²) in [7, 11) is -8.99. The molecule has 0 radical (unpaired) electrons. The lowest BCUT2D eigenvalue weighted by Gasteiger charge is -2.37. The molecule has 0 aliphatic carbocycles. The van der Waals surface area contributed by atoms with Crippen molar-refractivity contribution in [3.05, 3.63) is 108 Å². The first-order chi connectivity index (χ1) is 40.7. The van der Waals surface area contributed by atoms with Crippen molar-refractivity contribution in [3.8, 4) is 0 Å². The summed E-state index contributed by atoms with van der Waals surface area (Å²) >= 11 is 0.